The van der Waals surface area contributed by atoms with Crippen LogP contribution in [0.1, 0.15) is 55.6 Å². The number of carbonyl (C=O) groups is 1. The normalized spacial score (nSPS) is 17.4. The van der Waals surface area contributed by atoms with E-state index in [4.69, 9.17) is 14.9 Å². The van der Waals surface area contributed by atoms with E-state index >= 15 is 0 Å². The van der Waals surface area contributed by atoms with Crippen LogP contribution in [0.3, 0.4) is 0 Å². The van der Waals surface area contributed by atoms with Crippen LogP contribution >= 0.6 is 0 Å². The Morgan fingerprint density at radius 1 is 1.24 bits per heavy atom. The van der Waals surface area contributed by atoms with Crippen LogP contribution in [0.25, 0.3) is 0 Å². The molecule has 7 nitrogen and oxygen atoms in total. The number of piperidine rings is 1. The average molecular weight is 455 g/mol. The smallest absolute Gasteiger partial charge is 0.356 e. The second kappa shape index (κ2) is 9.47. The number of hydrogen-bond donors (Lipinski definition) is 2. The highest BCUT2D eigenvalue weighted by Gasteiger charge is 2.39. The van der Waals surface area contributed by atoms with Crippen LogP contribution in [0, 0.1) is 17.1 Å². The number of nitrogens with one attached hydrogen (secondary N) is 2. The van der Waals surface area contributed by atoms with Gasteiger partial charge in [-0.3, -0.25) is 0 Å². The van der Waals surface area contributed by atoms with Crippen LogP contribution in [-0.2, 0) is 9.47 Å². The van der Waals surface area contributed by atoms with E-state index in [2.05, 4.69) is 15.2 Å². The summed E-state index contributed by atoms with van der Waals surface area (Å²) in [5.41, 5.74) is 2.57. The van der Waals surface area contributed by atoms with E-state index in [0.29, 0.717) is 22.8 Å². The molecule has 2 N–H and O–H groups in total. The van der Waals surface area contributed by atoms with E-state index in [9.17, 15) is 9.18 Å². The Morgan fingerprint density at radius 2 is 1.94 bits per heavy atom. The third-order valence-corrected chi connectivity index (χ3v) is 6.55. The van der Waals surface area contributed by atoms with Crippen LogP contribution in [-0.4, -0.2) is 49.1 Å². The van der Waals surface area contributed by atoms with Crippen molar-refractivity contribution in [1.29, 1.82) is 5.41 Å². The van der Waals surface area contributed by atoms with Crippen molar-refractivity contribution in [2.45, 2.75) is 45.1 Å². The van der Waals surface area contributed by atoms with Crippen molar-refractivity contribution in [3.63, 3.8) is 0 Å². The molecule has 4 rings (SSSR count). The number of benzene rings is 1. The number of anilines is 3. The van der Waals surface area contributed by atoms with Crippen LogP contribution in [0.5, 0.6) is 0 Å². The lowest BCUT2D eigenvalue weighted by Gasteiger charge is -2.40. The molecule has 2 aliphatic rings. The minimum Gasteiger partial charge on any atom is -0.464 e. The van der Waals surface area contributed by atoms with E-state index in [1.807, 2.05) is 13.8 Å². The summed E-state index contributed by atoms with van der Waals surface area (Å²) in [6, 6.07) is 7.64. The Morgan fingerprint density at radius 3 is 2.52 bits per heavy atom. The van der Waals surface area contributed by atoms with Gasteiger partial charge < -0.3 is 25.1 Å². The quantitative estimate of drug-likeness (QED) is 0.476. The molecule has 1 aromatic carbocycles. The first-order valence-corrected chi connectivity index (χ1v) is 11.5. The molecule has 0 atom stereocenters. The zero-order chi connectivity index (χ0) is 23.6. The van der Waals surface area contributed by atoms with Gasteiger partial charge in [0.1, 0.15) is 11.6 Å². The molecule has 1 aromatic heterocycles. The predicted molar refractivity (Wildman–Crippen MR) is 126 cm³/mol. The lowest BCUT2D eigenvalue weighted by molar-refractivity contribution is -0.0146. The molecular weight excluding hydrogens is 423 g/mol. The number of methoxy groups -OCH3 is 1. The first-order chi connectivity index (χ1) is 15.8. The number of esters is 1. The number of hydrogen-bond acceptors (Lipinski definition) is 7. The van der Waals surface area contributed by atoms with Crippen LogP contribution < -0.4 is 10.2 Å². The molecule has 0 amide bonds. The van der Waals surface area contributed by atoms with Gasteiger partial charge in [0.25, 0.3) is 0 Å². The summed E-state index contributed by atoms with van der Waals surface area (Å²) in [6.45, 7) is 6.26. The van der Waals surface area contributed by atoms with Gasteiger partial charge in [0, 0.05) is 31.1 Å². The van der Waals surface area contributed by atoms with Crippen molar-refractivity contribution in [2.24, 2.45) is 5.92 Å². The monoisotopic (exact) mass is 454 g/mol. The summed E-state index contributed by atoms with van der Waals surface area (Å²) in [6.07, 6.45) is 3.98. The molecule has 2 saturated heterocycles. The average Bonchev–Trinajstić information content (AvgIpc) is 3.27. The third-order valence-electron chi connectivity index (χ3n) is 6.55. The fourth-order valence-corrected chi connectivity index (χ4v) is 4.61. The number of pyridine rings is 1. The van der Waals surface area contributed by atoms with Crippen LogP contribution in [0.4, 0.5) is 21.6 Å². The molecule has 3 heterocycles. The summed E-state index contributed by atoms with van der Waals surface area (Å²) in [7, 11) is 1.32. The fourth-order valence-electron chi connectivity index (χ4n) is 4.61. The number of rotatable bonds is 6. The maximum atomic E-state index is 13.4. The first kappa shape index (κ1) is 23.2. The maximum Gasteiger partial charge on any atom is 0.356 e. The van der Waals surface area contributed by atoms with Crippen molar-refractivity contribution >= 4 is 28.9 Å². The Labute approximate surface area is 193 Å². The molecule has 0 aliphatic carbocycles. The van der Waals surface area contributed by atoms with Gasteiger partial charge in [0.05, 0.1) is 24.0 Å². The van der Waals surface area contributed by atoms with Crippen molar-refractivity contribution in [3.05, 3.63) is 47.4 Å². The zero-order valence-corrected chi connectivity index (χ0v) is 19.4. The van der Waals surface area contributed by atoms with Crippen molar-refractivity contribution in [2.75, 3.05) is 37.0 Å². The summed E-state index contributed by atoms with van der Waals surface area (Å²) < 4.78 is 24.5. The standard InChI is InChI=1S/C25H31FN4O3/c1-16(2)22(27)21-20(30-12-10-25(11-13-30)9-4-14-33-25)15-19(24(31)32-3)29-23(21)28-18-7-5-17(26)6-8-18/h5-8,15-16,27H,4,9-14H2,1-3H3,(H,28,29). The molecule has 8 heteroatoms. The molecular formula is C25H31FN4O3. The number of nitrogens with zero attached hydrogens (tertiary/aromatic N) is 2. The second-order valence-electron chi connectivity index (χ2n) is 9.06. The topological polar surface area (TPSA) is 87.5 Å². The molecule has 1 spiro atoms. The molecule has 33 heavy (non-hydrogen) atoms. The van der Waals surface area contributed by atoms with Gasteiger partial charge in [0.15, 0.2) is 5.69 Å². The van der Waals surface area contributed by atoms with E-state index in [0.717, 1.165) is 51.1 Å². The number of carbonyl (C=O) groups excluding carboxylic acids is 1. The van der Waals surface area contributed by atoms with Gasteiger partial charge in [-0.05, 0) is 61.9 Å². The van der Waals surface area contributed by atoms with Gasteiger partial charge in [0.2, 0.25) is 0 Å². The number of aromatic nitrogens is 1. The van der Waals surface area contributed by atoms with Gasteiger partial charge in [-0.1, -0.05) is 13.8 Å². The van der Waals surface area contributed by atoms with Crippen molar-refractivity contribution in [3.8, 4) is 0 Å². The maximum absolute atomic E-state index is 13.4. The van der Waals surface area contributed by atoms with Crippen molar-refractivity contribution < 1.29 is 18.7 Å². The zero-order valence-electron chi connectivity index (χ0n) is 19.4. The Kier molecular flexibility index (Phi) is 6.65. The highest BCUT2D eigenvalue weighted by molar-refractivity contribution is 6.09. The molecule has 0 unspecified atom stereocenters. The molecule has 2 fully saturated rings. The van der Waals surface area contributed by atoms with E-state index in [1.54, 1.807) is 18.2 Å². The summed E-state index contributed by atoms with van der Waals surface area (Å²) in [4.78, 5) is 19.2. The summed E-state index contributed by atoms with van der Waals surface area (Å²) >= 11 is 0. The summed E-state index contributed by atoms with van der Waals surface area (Å²) in [5.74, 6) is -0.564. The van der Waals surface area contributed by atoms with Crippen LogP contribution in [0.2, 0.25) is 0 Å². The van der Waals surface area contributed by atoms with Gasteiger partial charge in [-0.15, -0.1) is 0 Å². The molecule has 176 valence electrons. The van der Waals surface area contributed by atoms with Gasteiger partial charge in [-0.2, -0.15) is 0 Å². The van der Waals surface area contributed by atoms with Gasteiger partial charge >= 0.3 is 5.97 Å². The fraction of sp³-hybridized carbons (Fsp3) is 0.480. The molecule has 2 aliphatic heterocycles. The molecule has 2 aromatic rings. The minimum atomic E-state index is -0.548. The highest BCUT2D eigenvalue weighted by atomic mass is 19.1. The van der Waals surface area contributed by atoms with Gasteiger partial charge in [-0.25, -0.2) is 14.2 Å². The first-order valence-electron chi connectivity index (χ1n) is 11.5. The lowest BCUT2D eigenvalue weighted by Crippen LogP contribution is -2.44. The predicted octanol–water partition coefficient (Wildman–Crippen LogP) is 4.92. The Bertz CT molecular complexity index is 1020. The van der Waals surface area contributed by atoms with Crippen molar-refractivity contribution in [1.82, 2.24) is 4.98 Å². The van der Waals surface area contributed by atoms with E-state index < -0.39 is 5.97 Å². The van der Waals surface area contributed by atoms with E-state index in [1.165, 1.54) is 19.2 Å². The highest BCUT2D eigenvalue weighted by Crippen LogP contribution is 2.39. The molecule has 0 bridgehead atoms. The van der Waals surface area contributed by atoms with E-state index in [-0.39, 0.29) is 23.0 Å². The summed E-state index contributed by atoms with van der Waals surface area (Å²) in [5, 5.41) is 12.1. The lowest BCUT2D eigenvalue weighted by atomic mass is 9.87. The third kappa shape index (κ3) is 4.85. The number of halogens is 1. The molecule has 0 radical (unpaired) electrons. The number of ether oxygens (including phenoxy) is 2. The van der Waals surface area contributed by atoms with Crippen LogP contribution in [0.15, 0.2) is 30.3 Å². The Balaban J connectivity index is 1.77. The minimum absolute atomic E-state index is 0.0460. The second-order valence-corrected chi connectivity index (χ2v) is 9.06. The SMILES string of the molecule is COC(=O)c1cc(N2CCC3(CCCO3)CC2)c(C(=N)C(C)C)c(Nc2ccc(F)cc2)n1. The molecule has 0 saturated carbocycles. The Hall–Kier alpha value is -3.00. The largest absolute Gasteiger partial charge is 0.464 e.